The lowest BCUT2D eigenvalue weighted by molar-refractivity contribution is 0.103. The molecule has 104 valence electrons. The minimum atomic E-state index is -0.0505. The maximum Gasteiger partial charge on any atom is 0.195 e. The van der Waals surface area contributed by atoms with Gasteiger partial charge in [-0.3, -0.25) is 9.78 Å². The summed E-state index contributed by atoms with van der Waals surface area (Å²) in [7, 11) is 0. The largest absolute Gasteiger partial charge is 0.489 e. The second kappa shape index (κ2) is 6.18. The molecule has 0 radical (unpaired) electrons. The molecule has 2 rings (SSSR count). The van der Waals surface area contributed by atoms with Crippen LogP contribution in [0.15, 0.2) is 41.1 Å². The van der Waals surface area contributed by atoms with E-state index in [2.05, 4.69) is 20.9 Å². The molecule has 0 fully saturated rings. The van der Waals surface area contributed by atoms with Gasteiger partial charge in [0.25, 0.3) is 0 Å². The quantitative estimate of drug-likeness (QED) is 0.788. The van der Waals surface area contributed by atoms with Crippen LogP contribution in [-0.4, -0.2) is 16.9 Å². The van der Waals surface area contributed by atoms with Crippen molar-refractivity contribution in [3.05, 3.63) is 57.8 Å². The van der Waals surface area contributed by atoms with Crippen LogP contribution in [0.25, 0.3) is 0 Å². The number of aryl methyl sites for hydroxylation is 1. The number of benzene rings is 1. The van der Waals surface area contributed by atoms with Crippen molar-refractivity contribution in [2.24, 2.45) is 0 Å². The van der Waals surface area contributed by atoms with Crippen LogP contribution in [0.1, 0.15) is 35.3 Å². The third-order valence-electron chi connectivity index (χ3n) is 2.79. The van der Waals surface area contributed by atoms with E-state index in [1.54, 1.807) is 18.5 Å². The van der Waals surface area contributed by atoms with E-state index in [4.69, 9.17) is 4.74 Å². The average molecular weight is 334 g/mol. The number of hydrogen-bond acceptors (Lipinski definition) is 3. The highest BCUT2D eigenvalue weighted by Crippen LogP contribution is 2.21. The molecule has 0 aliphatic heterocycles. The van der Waals surface area contributed by atoms with Crippen molar-refractivity contribution in [3.63, 3.8) is 0 Å². The summed E-state index contributed by atoms with van der Waals surface area (Å²) in [6.45, 7) is 5.79. The van der Waals surface area contributed by atoms with Gasteiger partial charge in [0, 0.05) is 21.8 Å². The van der Waals surface area contributed by atoms with Crippen LogP contribution in [0.5, 0.6) is 5.75 Å². The van der Waals surface area contributed by atoms with E-state index in [1.807, 2.05) is 39.0 Å². The minimum absolute atomic E-state index is 0.0505. The third-order valence-corrected chi connectivity index (χ3v) is 3.28. The summed E-state index contributed by atoms with van der Waals surface area (Å²) in [4.78, 5) is 16.6. The van der Waals surface area contributed by atoms with Crippen molar-refractivity contribution < 1.29 is 9.53 Å². The van der Waals surface area contributed by atoms with Gasteiger partial charge in [0.1, 0.15) is 5.75 Å². The number of ether oxygens (including phenoxy) is 1. The smallest absolute Gasteiger partial charge is 0.195 e. The molecule has 0 atom stereocenters. The summed E-state index contributed by atoms with van der Waals surface area (Å²) in [6, 6.07) is 7.39. The van der Waals surface area contributed by atoms with Crippen LogP contribution in [0.2, 0.25) is 0 Å². The normalized spacial score (nSPS) is 10.7. The molecule has 0 aliphatic carbocycles. The van der Waals surface area contributed by atoms with E-state index >= 15 is 0 Å². The van der Waals surface area contributed by atoms with Gasteiger partial charge in [-0.25, -0.2) is 0 Å². The van der Waals surface area contributed by atoms with Gasteiger partial charge < -0.3 is 4.74 Å². The molecular weight excluding hydrogens is 318 g/mol. The fourth-order valence-corrected chi connectivity index (χ4v) is 2.24. The summed E-state index contributed by atoms with van der Waals surface area (Å²) in [6.07, 6.45) is 3.23. The Balaban J connectivity index is 2.35. The first-order valence-electron chi connectivity index (χ1n) is 6.40. The Bertz CT molecular complexity index is 638. The SMILES string of the molecule is Cc1ccc(Br)cc1C(=O)c1cncc(OC(C)C)c1. The van der Waals surface area contributed by atoms with Crippen molar-refractivity contribution in [1.29, 1.82) is 0 Å². The second-order valence-corrected chi connectivity index (χ2v) is 5.78. The van der Waals surface area contributed by atoms with E-state index in [1.165, 1.54) is 0 Å². The molecule has 0 bridgehead atoms. The van der Waals surface area contributed by atoms with Gasteiger partial charge in [-0.05, 0) is 44.5 Å². The summed E-state index contributed by atoms with van der Waals surface area (Å²) in [5.74, 6) is 0.559. The first-order chi connectivity index (χ1) is 9.47. The summed E-state index contributed by atoms with van der Waals surface area (Å²) < 4.78 is 6.45. The highest BCUT2D eigenvalue weighted by molar-refractivity contribution is 9.10. The number of pyridine rings is 1. The lowest BCUT2D eigenvalue weighted by Gasteiger charge is -2.10. The van der Waals surface area contributed by atoms with Crippen molar-refractivity contribution in [2.75, 3.05) is 0 Å². The fraction of sp³-hybridized carbons (Fsp3) is 0.250. The zero-order valence-electron chi connectivity index (χ0n) is 11.7. The van der Waals surface area contributed by atoms with Crippen LogP contribution in [-0.2, 0) is 0 Å². The molecule has 0 unspecified atom stereocenters. The predicted octanol–water partition coefficient (Wildman–Crippen LogP) is 4.17. The number of hydrogen-bond donors (Lipinski definition) is 0. The van der Waals surface area contributed by atoms with Gasteiger partial charge in [0.15, 0.2) is 5.78 Å². The molecule has 0 N–H and O–H groups in total. The lowest BCUT2D eigenvalue weighted by atomic mass is 10.0. The van der Waals surface area contributed by atoms with Crippen molar-refractivity contribution in [1.82, 2.24) is 4.98 Å². The van der Waals surface area contributed by atoms with Gasteiger partial charge in [-0.2, -0.15) is 0 Å². The molecule has 1 aromatic carbocycles. The fourth-order valence-electron chi connectivity index (χ4n) is 1.87. The molecule has 1 aromatic heterocycles. The Morgan fingerprint density at radius 3 is 2.70 bits per heavy atom. The Kier molecular flexibility index (Phi) is 4.55. The second-order valence-electron chi connectivity index (χ2n) is 4.86. The first kappa shape index (κ1) is 14.7. The molecule has 1 heterocycles. The Hall–Kier alpha value is -1.68. The van der Waals surface area contributed by atoms with Gasteiger partial charge in [0.05, 0.1) is 12.3 Å². The lowest BCUT2D eigenvalue weighted by Crippen LogP contribution is -2.08. The zero-order valence-corrected chi connectivity index (χ0v) is 13.3. The van der Waals surface area contributed by atoms with E-state index < -0.39 is 0 Å². The molecule has 0 saturated heterocycles. The first-order valence-corrected chi connectivity index (χ1v) is 7.19. The molecule has 20 heavy (non-hydrogen) atoms. The number of ketones is 1. The van der Waals surface area contributed by atoms with E-state index in [9.17, 15) is 4.79 Å². The maximum atomic E-state index is 12.5. The van der Waals surface area contributed by atoms with Crippen LogP contribution < -0.4 is 4.74 Å². The van der Waals surface area contributed by atoms with E-state index in [0.29, 0.717) is 16.9 Å². The standard InChI is InChI=1S/C16H16BrNO2/c1-10(2)20-14-6-12(8-18-9-14)16(19)15-7-13(17)5-4-11(15)3/h4-10H,1-3H3. The summed E-state index contributed by atoms with van der Waals surface area (Å²) >= 11 is 3.39. The molecule has 3 nitrogen and oxygen atoms in total. The summed E-state index contributed by atoms with van der Waals surface area (Å²) in [5, 5.41) is 0. The predicted molar refractivity (Wildman–Crippen MR) is 82.3 cm³/mol. The van der Waals surface area contributed by atoms with Crippen LogP contribution in [0, 0.1) is 6.92 Å². The van der Waals surface area contributed by atoms with Crippen LogP contribution >= 0.6 is 15.9 Å². The molecule has 0 amide bonds. The van der Waals surface area contributed by atoms with E-state index in [0.717, 1.165) is 10.0 Å². The molecule has 0 saturated carbocycles. The Labute approximate surface area is 127 Å². The van der Waals surface area contributed by atoms with Gasteiger partial charge in [0.2, 0.25) is 0 Å². The van der Waals surface area contributed by atoms with Gasteiger partial charge in [-0.15, -0.1) is 0 Å². The van der Waals surface area contributed by atoms with Crippen molar-refractivity contribution >= 4 is 21.7 Å². The number of nitrogens with zero attached hydrogens (tertiary/aromatic N) is 1. The van der Waals surface area contributed by atoms with Crippen LogP contribution in [0.4, 0.5) is 0 Å². The average Bonchev–Trinajstić information content (AvgIpc) is 2.40. The highest BCUT2D eigenvalue weighted by atomic mass is 79.9. The Morgan fingerprint density at radius 1 is 1.25 bits per heavy atom. The number of carbonyl (C=O) groups excluding carboxylic acids is 1. The topological polar surface area (TPSA) is 39.2 Å². The maximum absolute atomic E-state index is 12.5. The number of carbonyl (C=O) groups is 1. The number of rotatable bonds is 4. The van der Waals surface area contributed by atoms with Gasteiger partial charge in [-0.1, -0.05) is 22.0 Å². The third kappa shape index (κ3) is 3.45. The zero-order chi connectivity index (χ0) is 14.7. The summed E-state index contributed by atoms with van der Waals surface area (Å²) in [5.41, 5.74) is 2.14. The molecule has 4 heteroatoms. The highest BCUT2D eigenvalue weighted by Gasteiger charge is 2.13. The van der Waals surface area contributed by atoms with Crippen molar-refractivity contribution in [3.8, 4) is 5.75 Å². The van der Waals surface area contributed by atoms with Crippen LogP contribution in [0.3, 0.4) is 0 Å². The molecule has 0 aliphatic rings. The van der Waals surface area contributed by atoms with Gasteiger partial charge >= 0.3 is 0 Å². The monoisotopic (exact) mass is 333 g/mol. The number of halogens is 1. The molecule has 0 spiro atoms. The molecule has 2 aromatic rings. The number of aromatic nitrogens is 1. The Morgan fingerprint density at radius 2 is 2.00 bits per heavy atom. The van der Waals surface area contributed by atoms with Crippen molar-refractivity contribution in [2.45, 2.75) is 26.9 Å². The van der Waals surface area contributed by atoms with E-state index in [-0.39, 0.29) is 11.9 Å². The molecular formula is C16H16BrNO2. The minimum Gasteiger partial charge on any atom is -0.489 e.